The fraction of sp³-hybridized carbons (Fsp3) is 0.474. The van der Waals surface area contributed by atoms with E-state index in [-0.39, 0.29) is 11.9 Å². The maximum atomic E-state index is 12.9. The molecule has 1 unspecified atom stereocenters. The first-order valence-corrected chi connectivity index (χ1v) is 8.58. The normalized spacial score (nSPS) is 18.2. The summed E-state index contributed by atoms with van der Waals surface area (Å²) in [6.07, 6.45) is 6.73. The minimum Gasteiger partial charge on any atom is -0.332 e. The second kappa shape index (κ2) is 7.18. The van der Waals surface area contributed by atoms with Gasteiger partial charge in [0, 0.05) is 26.3 Å². The van der Waals surface area contributed by atoms with Crippen LogP contribution in [-0.2, 0) is 13.6 Å². The molecule has 24 heavy (non-hydrogen) atoms. The van der Waals surface area contributed by atoms with E-state index in [1.807, 2.05) is 11.9 Å². The molecule has 0 aliphatic carbocycles. The van der Waals surface area contributed by atoms with Gasteiger partial charge in [-0.25, -0.2) is 0 Å². The number of hydrogen-bond acceptors (Lipinski definition) is 3. The summed E-state index contributed by atoms with van der Waals surface area (Å²) in [5.41, 5.74) is 3.20. The molecule has 0 radical (unpaired) electrons. The lowest BCUT2D eigenvalue weighted by atomic mass is 9.94. The molecule has 0 N–H and O–H groups in total. The van der Waals surface area contributed by atoms with Gasteiger partial charge >= 0.3 is 0 Å². The SMILES string of the molecule is CN(C)Cc1ccc(C2CCCCN2C(=O)c2cnn(C)c2)cc1. The molecular weight excluding hydrogens is 300 g/mol. The summed E-state index contributed by atoms with van der Waals surface area (Å²) >= 11 is 0. The Kier molecular flexibility index (Phi) is 5.00. The molecule has 1 aliphatic heterocycles. The van der Waals surface area contributed by atoms with Gasteiger partial charge < -0.3 is 9.80 Å². The summed E-state index contributed by atoms with van der Waals surface area (Å²) in [6, 6.07) is 8.88. The first kappa shape index (κ1) is 16.7. The Morgan fingerprint density at radius 3 is 2.62 bits per heavy atom. The van der Waals surface area contributed by atoms with E-state index in [2.05, 4.69) is 48.4 Å². The van der Waals surface area contributed by atoms with Gasteiger partial charge in [-0.1, -0.05) is 24.3 Å². The topological polar surface area (TPSA) is 41.4 Å². The maximum absolute atomic E-state index is 12.9. The average Bonchev–Trinajstić information content (AvgIpc) is 3.01. The van der Waals surface area contributed by atoms with Gasteiger partial charge in [-0.2, -0.15) is 5.10 Å². The highest BCUT2D eigenvalue weighted by molar-refractivity contribution is 5.94. The summed E-state index contributed by atoms with van der Waals surface area (Å²) in [5, 5.41) is 4.13. The van der Waals surface area contributed by atoms with Gasteiger partial charge in [-0.05, 0) is 44.5 Å². The Bertz CT molecular complexity index is 690. The zero-order valence-corrected chi connectivity index (χ0v) is 14.8. The molecule has 1 saturated heterocycles. The van der Waals surface area contributed by atoms with Gasteiger partial charge in [0.15, 0.2) is 0 Å². The van der Waals surface area contributed by atoms with Crippen molar-refractivity contribution in [2.24, 2.45) is 7.05 Å². The van der Waals surface area contributed by atoms with Crippen LogP contribution in [-0.4, -0.2) is 46.1 Å². The van der Waals surface area contributed by atoms with E-state index in [1.165, 1.54) is 17.5 Å². The van der Waals surface area contributed by atoms with Crippen LogP contribution in [0.3, 0.4) is 0 Å². The van der Waals surface area contributed by atoms with E-state index in [4.69, 9.17) is 0 Å². The highest BCUT2D eigenvalue weighted by Crippen LogP contribution is 2.32. The first-order valence-electron chi connectivity index (χ1n) is 8.58. The first-order chi connectivity index (χ1) is 11.5. The number of likely N-dealkylation sites (tertiary alicyclic amines) is 1. The van der Waals surface area contributed by atoms with E-state index >= 15 is 0 Å². The van der Waals surface area contributed by atoms with E-state index in [9.17, 15) is 4.79 Å². The molecule has 1 fully saturated rings. The van der Waals surface area contributed by atoms with Crippen molar-refractivity contribution in [1.29, 1.82) is 0 Å². The van der Waals surface area contributed by atoms with Crippen LogP contribution in [0.25, 0.3) is 0 Å². The van der Waals surface area contributed by atoms with E-state index in [1.54, 1.807) is 17.1 Å². The largest absolute Gasteiger partial charge is 0.332 e. The van der Waals surface area contributed by atoms with Crippen LogP contribution in [0, 0.1) is 0 Å². The molecule has 1 amide bonds. The highest BCUT2D eigenvalue weighted by atomic mass is 16.2. The minimum atomic E-state index is 0.0881. The lowest BCUT2D eigenvalue weighted by Crippen LogP contribution is -2.38. The molecule has 1 atom stereocenters. The summed E-state index contributed by atoms with van der Waals surface area (Å²) in [6.45, 7) is 1.75. The van der Waals surface area contributed by atoms with Gasteiger partial charge in [0.2, 0.25) is 0 Å². The van der Waals surface area contributed by atoms with Crippen molar-refractivity contribution in [1.82, 2.24) is 19.6 Å². The van der Waals surface area contributed by atoms with Crippen LogP contribution in [0.4, 0.5) is 0 Å². The Morgan fingerprint density at radius 2 is 2.00 bits per heavy atom. The molecule has 1 aromatic carbocycles. The van der Waals surface area contributed by atoms with Crippen LogP contribution in [0.5, 0.6) is 0 Å². The van der Waals surface area contributed by atoms with Gasteiger partial charge in [0.1, 0.15) is 0 Å². The van der Waals surface area contributed by atoms with Crippen molar-refractivity contribution in [3.8, 4) is 0 Å². The van der Waals surface area contributed by atoms with Crippen LogP contribution < -0.4 is 0 Å². The Labute approximate surface area is 143 Å². The second-order valence-electron chi connectivity index (χ2n) is 6.89. The number of piperidine rings is 1. The molecule has 5 nitrogen and oxygen atoms in total. The van der Waals surface area contributed by atoms with Crippen LogP contribution in [0.15, 0.2) is 36.7 Å². The van der Waals surface area contributed by atoms with Gasteiger partial charge in [0.25, 0.3) is 5.91 Å². The zero-order valence-electron chi connectivity index (χ0n) is 14.8. The summed E-state index contributed by atoms with van der Waals surface area (Å²) < 4.78 is 1.68. The minimum absolute atomic E-state index is 0.0881. The fourth-order valence-corrected chi connectivity index (χ4v) is 3.43. The lowest BCUT2D eigenvalue weighted by Gasteiger charge is -2.36. The zero-order chi connectivity index (χ0) is 17.1. The number of amides is 1. The second-order valence-corrected chi connectivity index (χ2v) is 6.89. The number of benzene rings is 1. The predicted molar refractivity (Wildman–Crippen MR) is 94.7 cm³/mol. The van der Waals surface area contributed by atoms with Crippen molar-refractivity contribution in [3.63, 3.8) is 0 Å². The third-order valence-electron chi connectivity index (χ3n) is 4.58. The summed E-state index contributed by atoms with van der Waals surface area (Å²) in [5.74, 6) is 0.0881. The number of carbonyl (C=O) groups excluding carboxylic acids is 1. The van der Waals surface area contributed by atoms with Crippen LogP contribution in [0.1, 0.15) is 46.8 Å². The van der Waals surface area contributed by atoms with Gasteiger partial charge in [0.05, 0.1) is 17.8 Å². The molecule has 3 rings (SSSR count). The molecule has 1 aromatic heterocycles. The quantitative estimate of drug-likeness (QED) is 0.867. The average molecular weight is 326 g/mol. The molecule has 128 valence electrons. The number of aromatic nitrogens is 2. The number of hydrogen-bond donors (Lipinski definition) is 0. The van der Waals surface area contributed by atoms with E-state index < -0.39 is 0 Å². The fourth-order valence-electron chi connectivity index (χ4n) is 3.43. The molecule has 0 saturated carbocycles. The number of carbonyl (C=O) groups is 1. The number of aryl methyl sites for hydroxylation is 1. The smallest absolute Gasteiger partial charge is 0.257 e. The van der Waals surface area contributed by atoms with E-state index in [0.717, 1.165) is 25.9 Å². The van der Waals surface area contributed by atoms with Crippen molar-refractivity contribution >= 4 is 5.91 Å². The van der Waals surface area contributed by atoms with Crippen molar-refractivity contribution in [2.75, 3.05) is 20.6 Å². The Hall–Kier alpha value is -2.14. The molecule has 5 heteroatoms. The monoisotopic (exact) mass is 326 g/mol. The highest BCUT2D eigenvalue weighted by Gasteiger charge is 2.29. The predicted octanol–water partition coefficient (Wildman–Crippen LogP) is 2.85. The molecular formula is C19H26N4O. The number of nitrogens with zero attached hydrogens (tertiary/aromatic N) is 4. The molecule has 2 aromatic rings. The van der Waals surface area contributed by atoms with Crippen LogP contribution >= 0.6 is 0 Å². The van der Waals surface area contributed by atoms with Gasteiger partial charge in [-0.3, -0.25) is 9.48 Å². The molecule has 0 bridgehead atoms. The summed E-state index contributed by atoms with van der Waals surface area (Å²) in [4.78, 5) is 17.1. The maximum Gasteiger partial charge on any atom is 0.257 e. The Morgan fingerprint density at radius 1 is 1.25 bits per heavy atom. The van der Waals surface area contributed by atoms with Crippen molar-refractivity contribution in [3.05, 3.63) is 53.3 Å². The third kappa shape index (κ3) is 3.67. The summed E-state index contributed by atoms with van der Waals surface area (Å²) in [7, 11) is 5.99. The third-order valence-corrected chi connectivity index (χ3v) is 4.58. The molecule has 1 aliphatic rings. The lowest BCUT2D eigenvalue weighted by molar-refractivity contribution is 0.0611. The molecule has 0 spiro atoms. The molecule has 2 heterocycles. The number of rotatable bonds is 4. The van der Waals surface area contributed by atoms with Crippen molar-refractivity contribution in [2.45, 2.75) is 31.8 Å². The Balaban J connectivity index is 1.80. The van der Waals surface area contributed by atoms with Crippen molar-refractivity contribution < 1.29 is 4.79 Å². The van der Waals surface area contributed by atoms with Gasteiger partial charge in [-0.15, -0.1) is 0 Å². The van der Waals surface area contributed by atoms with E-state index in [0.29, 0.717) is 5.56 Å². The van der Waals surface area contributed by atoms with Crippen LogP contribution in [0.2, 0.25) is 0 Å². The standard InChI is InChI=1S/C19H26N4O/c1-21(2)13-15-7-9-16(10-8-15)18-6-4-5-11-23(18)19(24)17-12-20-22(3)14-17/h7-10,12,14,18H,4-6,11,13H2,1-3H3.